The molecule has 1 amide bonds. The number of piperidine rings is 1. The maximum atomic E-state index is 14.3. The Kier molecular flexibility index (Phi) is 7.88. The topological polar surface area (TPSA) is 163 Å². The maximum Gasteiger partial charge on any atom is 0.410 e. The molecule has 6 rings (SSSR count). The monoisotopic (exact) mass is 658 g/mol. The number of nitro benzene ring substituents is 1. The second kappa shape index (κ2) is 11.6. The number of rotatable bonds is 6. The Hall–Kier alpha value is -5.08. The molecule has 1 N–H and O–H groups in total. The van der Waals surface area contributed by atoms with Crippen LogP contribution in [0.5, 0.6) is 0 Å². The average Bonchev–Trinajstić information content (AvgIpc) is 3.63. The van der Waals surface area contributed by atoms with E-state index >= 15 is 0 Å². The van der Waals surface area contributed by atoms with Crippen LogP contribution >= 0.6 is 0 Å². The van der Waals surface area contributed by atoms with Crippen molar-refractivity contribution in [2.75, 3.05) is 13.1 Å². The van der Waals surface area contributed by atoms with E-state index in [9.17, 15) is 28.4 Å². The van der Waals surface area contributed by atoms with Crippen LogP contribution in [0, 0.1) is 10.1 Å². The molecule has 1 fully saturated rings. The summed E-state index contributed by atoms with van der Waals surface area (Å²) in [6.07, 6.45) is 2.89. The molecule has 14 heteroatoms. The van der Waals surface area contributed by atoms with Crippen LogP contribution in [-0.2, 0) is 27.4 Å². The highest BCUT2D eigenvalue weighted by Gasteiger charge is 2.42. The molecule has 0 bridgehead atoms. The number of aromatic nitrogens is 4. The van der Waals surface area contributed by atoms with Gasteiger partial charge in [0.25, 0.3) is 15.7 Å². The zero-order valence-electron chi connectivity index (χ0n) is 26.3. The highest BCUT2D eigenvalue weighted by Crippen LogP contribution is 2.42. The molecular weight excluding hydrogens is 624 g/mol. The number of aliphatic hydroxyl groups is 1. The molecule has 3 aromatic heterocycles. The van der Waals surface area contributed by atoms with E-state index in [1.165, 1.54) is 35.4 Å². The highest BCUT2D eigenvalue weighted by atomic mass is 32.2. The van der Waals surface area contributed by atoms with Gasteiger partial charge in [-0.05, 0) is 75.6 Å². The van der Waals surface area contributed by atoms with Crippen LogP contribution in [0.3, 0.4) is 0 Å². The van der Waals surface area contributed by atoms with Crippen LogP contribution in [0.2, 0.25) is 0 Å². The predicted octanol–water partition coefficient (Wildman–Crippen LogP) is 5.47. The first kappa shape index (κ1) is 31.9. The van der Waals surface area contributed by atoms with Crippen molar-refractivity contribution in [3.63, 3.8) is 0 Å². The quantitative estimate of drug-likeness (QED) is 0.184. The summed E-state index contributed by atoms with van der Waals surface area (Å²) in [5, 5.41) is 28.5. The molecule has 4 heterocycles. The molecule has 1 aliphatic heterocycles. The van der Waals surface area contributed by atoms with Gasteiger partial charge in [-0.3, -0.25) is 14.8 Å². The Morgan fingerprint density at radius 3 is 2.30 bits per heavy atom. The fourth-order valence-electron chi connectivity index (χ4n) is 5.86. The second-order valence-corrected chi connectivity index (χ2v) is 14.4. The van der Waals surface area contributed by atoms with Crippen molar-refractivity contribution in [1.82, 2.24) is 23.6 Å². The third-order valence-corrected chi connectivity index (χ3v) is 9.85. The average molecular weight is 659 g/mol. The molecule has 0 radical (unpaired) electrons. The molecule has 1 saturated heterocycles. The summed E-state index contributed by atoms with van der Waals surface area (Å²) in [4.78, 5) is 29.6. The molecule has 2 aromatic carbocycles. The fourth-order valence-corrected chi connectivity index (χ4v) is 7.42. The number of hydrogen-bond acceptors (Lipinski definition) is 9. The number of hydrogen-bond donors (Lipinski definition) is 1. The number of aryl methyl sites for hydroxylation is 1. The van der Waals surface area contributed by atoms with Gasteiger partial charge in [-0.25, -0.2) is 22.2 Å². The van der Waals surface area contributed by atoms with Gasteiger partial charge in [0.05, 0.1) is 15.5 Å². The number of ether oxygens (including phenoxy) is 1. The van der Waals surface area contributed by atoms with Crippen LogP contribution in [0.15, 0.2) is 84.0 Å². The van der Waals surface area contributed by atoms with E-state index in [2.05, 4.69) is 10.1 Å². The standard InChI is InChI=1S/C33H34N6O7S/c1-32(2,3)46-31(40)37-18-15-33(41,16-19-37)28-20-26-25(14-17-34-30(26)38(28)47(44,45)24-8-6-5-7-9-24)27-21-36(4)35-29(27)22-10-12-23(13-11-22)39(42)43/h5-14,17,20-21,41H,15-16,18-19H2,1-4H3. The van der Waals surface area contributed by atoms with Gasteiger partial charge in [0.15, 0.2) is 5.65 Å². The van der Waals surface area contributed by atoms with E-state index in [0.29, 0.717) is 27.8 Å². The van der Waals surface area contributed by atoms with Gasteiger partial charge in [0.1, 0.15) is 16.9 Å². The lowest BCUT2D eigenvalue weighted by molar-refractivity contribution is -0.384. The van der Waals surface area contributed by atoms with Crippen molar-refractivity contribution in [3.8, 4) is 22.4 Å². The molecule has 47 heavy (non-hydrogen) atoms. The summed E-state index contributed by atoms with van der Waals surface area (Å²) in [6, 6.07) is 17.3. The Labute approximate surface area is 271 Å². The van der Waals surface area contributed by atoms with Gasteiger partial charge in [-0.2, -0.15) is 5.10 Å². The summed E-state index contributed by atoms with van der Waals surface area (Å²) in [5.74, 6) is 0. The summed E-state index contributed by atoms with van der Waals surface area (Å²) in [7, 11) is -2.51. The highest BCUT2D eigenvalue weighted by molar-refractivity contribution is 7.90. The smallest absolute Gasteiger partial charge is 0.410 e. The molecular formula is C33H34N6O7S. The van der Waals surface area contributed by atoms with Gasteiger partial charge < -0.3 is 14.7 Å². The third kappa shape index (κ3) is 5.97. The number of benzene rings is 2. The molecule has 0 atom stereocenters. The number of nitrogens with zero attached hydrogens (tertiary/aromatic N) is 6. The van der Waals surface area contributed by atoms with Crippen molar-refractivity contribution >= 4 is 32.8 Å². The minimum atomic E-state index is -4.26. The zero-order valence-corrected chi connectivity index (χ0v) is 27.1. The van der Waals surface area contributed by atoms with Gasteiger partial charge in [0.2, 0.25) is 0 Å². The molecule has 5 aromatic rings. The Morgan fingerprint density at radius 2 is 1.68 bits per heavy atom. The first-order valence-electron chi connectivity index (χ1n) is 15.0. The van der Waals surface area contributed by atoms with Gasteiger partial charge in [-0.15, -0.1) is 0 Å². The van der Waals surface area contributed by atoms with Crippen LogP contribution in [0.4, 0.5) is 10.5 Å². The summed E-state index contributed by atoms with van der Waals surface area (Å²) in [6.45, 7) is 5.62. The lowest BCUT2D eigenvalue weighted by Gasteiger charge is -2.38. The number of carbonyl (C=O) groups excluding carboxylic acids is 1. The number of amides is 1. The van der Waals surface area contributed by atoms with Crippen LogP contribution in [0.1, 0.15) is 39.3 Å². The van der Waals surface area contributed by atoms with E-state index < -0.39 is 32.2 Å². The van der Waals surface area contributed by atoms with E-state index in [0.717, 1.165) is 3.97 Å². The molecule has 0 spiro atoms. The van der Waals surface area contributed by atoms with E-state index in [1.54, 1.807) is 81.2 Å². The Balaban J connectivity index is 1.51. The predicted molar refractivity (Wildman–Crippen MR) is 174 cm³/mol. The number of pyridine rings is 1. The Morgan fingerprint density at radius 1 is 1.02 bits per heavy atom. The number of non-ortho nitro benzene ring substituents is 1. The first-order valence-corrected chi connectivity index (χ1v) is 16.4. The third-order valence-electron chi connectivity index (χ3n) is 8.13. The Bertz CT molecular complexity index is 2090. The number of carbonyl (C=O) groups is 1. The molecule has 0 unspecified atom stereocenters. The van der Waals surface area contributed by atoms with Crippen molar-refractivity contribution in [3.05, 3.63) is 94.9 Å². The molecule has 1 aliphatic rings. The minimum absolute atomic E-state index is 0.0219. The minimum Gasteiger partial charge on any atom is -0.444 e. The van der Waals surface area contributed by atoms with E-state index in [4.69, 9.17) is 4.74 Å². The van der Waals surface area contributed by atoms with Crippen LogP contribution in [0.25, 0.3) is 33.4 Å². The molecule has 13 nitrogen and oxygen atoms in total. The van der Waals surface area contributed by atoms with Crippen molar-refractivity contribution in [1.29, 1.82) is 0 Å². The van der Waals surface area contributed by atoms with Gasteiger partial charge >= 0.3 is 6.09 Å². The maximum absolute atomic E-state index is 14.3. The normalized spacial score (nSPS) is 15.1. The molecule has 0 aliphatic carbocycles. The van der Waals surface area contributed by atoms with Gasteiger partial charge in [0, 0.05) is 61.2 Å². The summed E-state index contributed by atoms with van der Waals surface area (Å²) < 4.78 is 36.9. The SMILES string of the molecule is Cn1cc(-c2ccnc3c2cc(C2(O)CCN(C(=O)OC(C)(C)C)CC2)n3S(=O)(=O)c2ccccc2)c(-c2ccc([N+](=O)[O-])cc2)n1. The van der Waals surface area contributed by atoms with Crippen LogP contribution in [-0.4, -0.2) is 66.9 Å². The fraction of sp³-hybridized carbons (Fsp3) is 0.303. The van der Waals surface area contributed by atoms with Crippen molar-refractivity contribution in [2.45, 2.75) is 49.7 Å². The van der Waals surface area contributed by atoms with Crippen molar-refractivity contribution < 1.29 is 28.0 Å². The van der Waals surface area contributed by atoms with E-state index in [1.807, 2.05) is 0 Å². The van der Waals surface area contributed by atoms with Crippen molar-refractivity contribution in [2.24, 2.45) is 7.05 Å². The van der Waals surface area contributed by atoms with Gasteiger partial charge in [-0.1, -0.05) is 18.2 Å². The number of likely N-dealkylation sites (tertiary alicyclic amines) is 1. The number of nitro groups is 1. The summed E-state index contributed by atoms with van der Waals surface area (Å²) >= 11 is 0. The molecule has 0 saturated carbocycles. The largest absolute Gasteiger partial charge is 0.444 e. The lowest BCUT2D eigenvalue weighted by atomic mass is 9.88. The molecule has 244 valence electrons. The van der Waals surface area contributed by atoms with E-state index in [-0.39, 0.29) is 47.9 Å². The summed E-state index contributed by atoms with van der Waals surface area (Å²) in [5.41, 5.74) is 0.258. The lowest BCUT2D eigenvalue weighted by Crippen LogP contribution is -2.47. The number of fused-ring (bicyclic) bond motifs is 1. The zero-order chi connectivity index (χ0) is 33.7. The first-order chi connectivity index (χ1) is 22.2. The van der Waals surface area contributed by atoms with Crippen LogP contribution < -0.4 is 0 Å². The second-order valence-electron chi connectivity index (χ2n) is 12.6.